The van der Waals surface area contributed by atoms with Gasteiger partial charge in [-0.2, -0.15) is 5.26 Å². The van der Waals surface area contributed by atoms with Crippen molar-refractivity contribution in [3.05, 3.63) is 58.7 Å². The smallest absolute Gasteiger partial charge is 0.338 e. The summed E-state index contributed by atoms with van der Waals surface area (Å²) in [6, 6.07) is 11.8. The van der Waals surface area contributed by atoms with Crippen molar-refractivity contribution in [2.24, 2.45) is 34.0 Å². The van der Waals surface area contributed by atoms with Crippen LogP contribution in [-0.4, -0.2) is 12.1 Å². The molecule has 0 amide bonds. The highest BCUT2D eigenvalue weighted by Gasteiger charge is 2.58. The number of benzene rings is 1. The summed E-state index contributed by atoms with van der Waals surface area (Å²) < 4.78 is 6.18. The highest BCUT2D eigenvalue weighted by atomic mass is 16.5. The molecule has 0 aliphatic heterocycles. The molecule has 0 unspecified atom stereocenters. The lowest BCUT2D eigenvalue weighted by molar-refractivity contribution is -0.0993. The summed E-state index contributed by atoms with van der Waals surface area (Å²) in [7, 11) is 0. The third-order valence-corrected chi connectivity index (χ3v) is 10.7. The fourth-order valence-corrected chi connectivity index (χ4v) is 8.83. The van der Waals surface area contributed by atoms with Gasteiger partial charge in [0.2, 0.25) is 0 Å². The average molecular weight is 472 g/mol. The van der Waals surface area contributed by atoms with E-state index in [1.807, 2.05) is 30.3 Å². The zero-order chi connectivity index (χ0) is 25.0. The second kappa shape index (κ2) is 8.65. The number of fused-ring (bicyclic) bond motifs is 4. The van der Waals surface area contributed by atoms with Gasteiger partial charge in [-0.25, -0.2) is 4.79 Å². The van der Waals surface area contributed by atoms with Gasteiger partial charge >= 0.3 is 5.97 Å². The Bertz CT molecular complexity index is 1110. The number of rotatable bonds is 4. The highest BCUT2D eigenvalue weighted by Crippen LogP contribution is 2.67. The molecular formula is C32H41NO2. The van der Waals surface area contributed by atoms with Gasteiger partial charge in [0.25, 0.3) is 0 Å². The van der Waals surface area contributed by atoms with E-state index in [0.29, 0.717) is 29.7 Å². The molecule has 3 heteroatoms. The van der Waals surface area contributed by atoms with Crippen molar-refractivity contribution in [3.63, 3.8) is 0 Å². The van der Waals surface area contributed by atoms with E-state index < -0.39 is 0 Å². The van der Waals surface area contributed by atoms with Crippen molar-refractivity contribution in [3.8, 4) is 6.07 Å². The predicted octanol–water partition coefficient (Wildman–Crippen LogP) is 8.04. The minimum atomic E-state index is -0.190. The van der Waals surface area contributed by atoms with Gasteiger partial charge in [0.05, 0.1) is 11.6 Å². The summed E-state index contributed by atoms with van der Waals surface area (Å²) in [5.74, 6) is 1.35. The summed E-state index contributed by atoms with van der Waals surface area (Å²) >= 11 is 0. The average Bonchev–Trinajstić information content (AvgIpc) is 3.19. The molecule has 0 radical (unpaired) electrons. The first-order chi connectivity index (χ1) is 16.6. The molecule has 0 aromatic heterocycles. The van der Waals surface area contributed by atoms with Crippen LogP contribution in [0.3, 0.4) is 0 Å². The third-order valence-electron chi connectivity index (χ3n) is 10.7. The van der Waals surface area contributed by atoms with Gasteiger partial charge in [-0.05, 0) is 96.8 Å². The van der Waals surface area contributed by atoms with Crippen LogP contribution in [0.4, 0.5) is 0 Å². The van der Waals surface area contributed by atoms with E-state index in [0.717, 1.165) is 32.1 Å². The Morgan fingerprint density at radius 1 is 1.09 bits per heavy atom. The van der Waals surface area contributed by atoms with Crippen LogP contribution in [0.5, 0.6) is 0 Å². The van der Waals surface area contributed by atoms with E-state index in [-0.39, 0.29) is 28.3 Å². The van der Waals surface area contributed by atoms with Crippen molar-refractivity contribution in [1.29, 1.82) is 5.26 Å². The predicted molar refractivity (Wildman–Crippen MR) is 139 cm³/mol. The molecule has 0 heterocycles. The van der Waals surface area contributed by atoms with Gasteiger partial charge in [-0.1, -0.05) is 64.5 Å². The number of carbonyl (C=O) groups is 1. The number of hydrogen-bond acceptors (Lipinski definition) is 3. The maximum absolute atomic E-state index is 12.9. The van der Waals surface area contributed by atoms with E-state index in [1.54, 1.807) is 16.7 Å². The molecule has 0 saturated heterocycles. The van der Waals surface area contributed by atoms with Crippen LogP contribution < -0.4 is 0 Å². The standard InChI is InChI=1S/C32H41NO2/c1-21(17-20-33)24-12-13-25-23-11-14-27-30(2,3)28(35-29(34)22-9-7-6-8-10-22)16-19-32(27,5)26(23)15-18-31(24,25)4/h6-10,13,21,24,27-28H,11-12,14-19H2,1-5H3/t21-,24-,27+,28+,31-,32-/m1/s1. The lowest BCUT2D eigenvalue weighted by Crippen LogP contribution is -2.54. The molecule has 35 heavy (non-hydrogen) atoms. The van der Waals surface area contributed by atoms with Crippen molar-refractivity contribution >= 4 is 5.97 Å². The van der Waals surface area contributed by atoms with Crippen molar-refractivity contribution in [1.82, 2.24) is 0 Å². The summed E-state index contributed by atoms with van der Waals surface area (Å²) in [4.78, 5) is 12.9. The van der Waals surface area contributed by atoms with E-state index in [1.165, 1.54) is 12.8 Å². The van der Waals surface area contributed by atoms with Crippen molar-refractivity contribution < 1.29 is 9.53 Å². The molecule has 0 spiro atoms. The number of nitrogens with zero attached hydrogens (tertiary/aromatic N) is 1. The van der Waals surface area contributed by atoms with Crippen LogP contribution in [0.25, 0.3) is 0 Å². The maximum atomic E-state index is 12.9. The van der Waals surface area contributed by atoms with Crippen molar-refractivity contribution in [2.75, 3.05) is 0 Å². The zero-order valence-corrected chi connectivity index (χ0v) is 22.2. The summed E-state index contributed by atoms with van der Waals surface area (Å²) in [5.41, 5.74) is 5.94. The Balaban J connectivity index is 1.41. The molecule has 4 aliphatic carbocycles. The Morgan fingerprint density at radius 2 is 1.83 bits per heavy atom. The molecule has 1 fully saturated rings. The van der Waals surface area contributed by atoms with Crippen LogP contribution in [0, 0.1) is 45.3 Å². The molecule has 6 atom stereocenters. The van der Waals surface area contributed by atoms with Gasteiger partial charge < -0.3 is 4.74 Å². The molecule has 1 aromatic rings. The van der Waals surface area contributed by atoms with E-state index in [2.05, 4.69) is 46.8 Å². The minimum Gasteiger partial charge on any atom is -0.458 e. The SMILES string of the molecule is C[C@H](CC#N)[C@H]1CC=C2C3=C(CC[C@@]21C)[C@@]1(C)CC[C@H](OC(=O)c2ccccc2)C(C)(C)[C@@H]1CC3. The van der Waals surface area contributed by atoms with E-state index in [9.17, 15) is 10.1 Å². The second-order valence-electron chi connectivity index (χ2n) is 12.8. The first kappa shape index (κ1) is 24.4. The molecule has 0 bridgehead atoms. The van der Waals surface area contributed by atoms with Gasteiger partial charge in [-0.15, -0.1) is 0 Å². The molecule has 186 valence electrons. The summed E-state index contributed by atoms with van der Waals surface area (Å²) in [6.45, 7) is 11.9. The Labute approximate surface area is 211 Å². The van der Waals surface area contributed by atoms with Gasteiger partial charge in [0.15, 0.2) is 0 Å². The highest BCUT2D eigenvalue weighted by molar-refractivity contribution is 5.89. The molecule has 3 nitrogen and oxygen atoms in total. The fourth-order valence-electron chi connectivity index (χ4n) is 8.83. The van der Waals surface area contributed by atoms with Crippen LogP contribution in [0.2, 0.25) is 0 Å². The largest absolute Gasteiger partial charge is 0.458 e. The molecule has 5 rings (SSSR count). The van der Waals surface area contributed by atoms with Crippen LogP contribution in [0.1, 0.15) is 96.3 Å². The fraction of sp³-hybridized carbons (Fsp3) is 0.625. The lowest BCUT2D eigenvalue weighted by atomic mass is 9.46. The quantitative estimate of drug-likeness (QED) is 0.417. The Kier molecular flexibility index (Phi) is 6.02. The monoisotopic (exact) mass is 471 g/mol. The molecule has 1 aromatic carbocycles. The lowest BCUT2D eigenvalue weighted by Gasteiger charge is -2.59. The van der Waals surface area contributed by atoms with Gasteiger partial charge in [-0.3, -0.25) is 0 Å². The van der Waals surface area contributed by atoms with Crippen LogP contribution in [0.15, 0.2) is 53.1 Å². The summed E-state index contributed by atoms with van der Waals surface area (Å²) in [6.07, 6.45) is 11.0. The molecule has 4 aliphatic rings. The van der Waals surface area contributed by atoms with E-state index in [4.69, 9.17) is 4.74 Å². The van der Waals surface area contributed by atoms with Gasteiger partial charge in [0.1, 0.15) is 6.10 Å². The number of esters is 1. The number of carbonyl (C=O) groups excluding carboxylic acids is 1. The Morgan fingerprint density at radius 3 is 2.54 bits per heavy atom. The topological polar surface area (TPSA) is 50.1 Å². The van der Waals surface area contributed by atoms with Crippen LogP contribution >= 0.6 is 0 Å². The van der Waals surface area contributed by atoms with Gasteiger partial charge in [0, 0.05) is 11.8 Å². The van der Waals surface area contributed by atoms with E-state index >= 15 is 0 Å². The molecule has 1 saturated carbocycles. The number of allylic oxidation sites excluding steroid dienone is 4. The number of hydrogen-bond donors (Lipinski definition) is 0. The Hall–Kier alpha value is -2.34. The second-order valence-corrected chi connectivity index (χ2v) is 12.8. The molecule has 0 N–H and O–H groups in total. The zero-order valence-electron chi connectivity index (χ0n) is 22.2. The van der Waals surface area contributed by atoms with Crippen LogP contribution in [-0.2, 0) is 4.74 Å². The normalized spacial score (nSPS) is 36.2. The first-order valence-corrected chi connectivity index (χ1v) is 13.7. The third kappa shape index (κ3) is 3.71. The van der Waals surface area contributed by atoms with Crippen molar-refractivity contribution in [2.45, 2.75) is 92.1 Å². The minimum absolute atomic E-state index is 0.0498. The maximum Gasteiger partial charge on any atom is 0.338 e. The number of ether oxygens (including phenoxy) is 1. The molecular weight excluding hydrogens is 430 g/mol. The first-order valence-electron chi connectivity index (χ1n) is 13.7. The summed E-state index contributed by atoms with van der Waals surface area (Å²) in [5, 5.41) is 9.31. The number of nitriles is 1.